The van der Waals surface area contributed by atoms with E-state index in [1.807, 2.05) is 42.5 Å². The van der Waals surface area contributed by atoms with E-state index in [1.165, 1.54) is 0 Å². The molecular weight excluding hydrogens is 252 g/mol. The SMILES string of the molecule is COc1cccc(-c2cnc3ccccc3n2)c1OC. The molecule has 0 aliphatic carbocycles. The molecule has 100 valence electrons. The van der Waals surface area contributed by atoms with Gasteiger partial charge in [-0.1, -0.05) is 18.2 Å². The number of benzene rings is 2. The molecule has 0 saturated carbocycles. The van der Waals surface area contributed by atoms with Crippen LogP contribution in [0.4, 0.5) is 0 Å². The van der Waals surface area contributed by atoms with Crippen molar-refractivity contribution in [1.29, 1.82) is 0 Å². The molecule has 1 aromatic heterocycles. The molecule has 0 atom stereocenters. The first-order valence-electron chi connectivity index (χ1n) is 6.26. The number of nitrogens with zero attached hydrogens (tertiary/aromatic N) is 2. The van der Waals surface area contributed by atoms with E-state index in [2.05, 4.69) is 9.97 Å². The zero-order valence-electron chi connectivity index (χ0n) is 11.3. The monoisotopic (exact) mass is 266 g/mol. The molecule has 0 bridgehead atoms. The molecule has 0 fully saturated rings. The first kappa shape index (κ1) is 12.4. The van der Waals surface area contributed by atoms with E-state index >= 15 is 0 Å². The highest BCUT2D eigenvalue weighted by Gasteiger charge is 2.13. The van der Waals surface area contributed by atoms with Gasteiger partial charge in [0.15, 0.2) is 11.5 Å². The molecule has 3 aromatic rings. The van der Waals surface area contributed by atoms with Gasteiger partial charge in [0, 0.05) is 5.56 Å². The van der Waals surface area contributed by atoms with E-state index in [0.29, 0.717) is 11.5 Å². The number of ether oxygens (including phenoxy) is 2. The van der Waals surface area contributed by atoms with Crippen LogP contribution in [0.5, 0.6) is 11.5 Å². The Hall–Kier alpha value is -2.62. The Bertz CT molecular complexity index is 756. The van der Waals surface area contributed by atoms with Gasteiger partial charge in [-0.2, -0.15) is 0 Å². The summed E-state index contributed by atoms with van der Waals surface area (Å²) in [6, 6.07) is 13.5. The van der Waals surface area contributed by atoms with E-state index < -0.39 is 0 Å². The van der Waals surface area contributed by atoms with Crippen LogP contribution in [0.2, 0.25) is 0 Å². The Morgan fingerprint density at radius 2 is 1.65 bits per heavy atom. The Kier molecular flexibility index (Phi) is 3.21. The summed E-state index contributed by atoms with van der Waals surface area (Å²) in [6.07, 6.45) is 1.75. The molecule has 4 nitrogen and oxygen atoms in total. The second-order valence-corrected chi connectivity index (χ2v) is 4.29. The maximum atomic E-state index is 5.44. The summed E-state index contributed by atoms with van der Waals surface area (Å²) in [6.45, 7) is 0. The van der Waals surface area contributed by atoms with Gasteiger partial charge in [-0.25, -0.2) is 4.98 Å². The van der Waals surface area contributed by atoms with Crippen molar-refractivity contribution in [2.75, 3.05) is 14.2 Å². The average Bonchev–Trinajstić information content (AvgIpc) is 2.53. The molecule has 0 radical (unpaired) electrons. The van der Waals surface area contributed by atoms with Crippen molar-refractivity contribution in [1.82, 2.24) is 9.97 Å². The topological polar surface area (TPSA) is 44.2 Å². The molecule has 2 aromatic carbocycles. The fourth-order valence-corrected chi connectivity index (χ4v) is 2.18. The molecule has 0 saturated heterocycles. The third-order valence-electron chi connectivity index (χ3n) is 3.13. The highest BCUT2D eigenvalue weighted by atomic mass is 16.5. The molecule has 0 unspecified atom stereocenters. The third-order valence-corrected chi connectivity index (χ3v) is 3.13. The third kappa shape index (κ3) is 2.05. The van der Waals surface area contributed by atoms with Gasteiger partial charge in [-0.05, 0) is 24.3 Å². The number of rotatable bonds is 3. The van der Waals surface area contributed by atoms with E-state index in [-0.39, 0.29) is 0 Å². The fraction of sp³-hybridized carbons (Fsp3) is 0.125. The Labute approximate surface area is 117 Å². The predicted octanol–water partition coefficient (Wildman–Crippen LogP) is 3.31. The zero-order valence-corrected chi connectivity index (χ0v) is 11.3. The molecule has 4 heteroatoms. The van der Waals surface area contributed by atoms with Gasteiger partial charge in [0.2, 0.25) is 0 Å². The van der Waals surface area contributed by atoms with Gasteiger partial charge in [0.05, 0.1) is 37.1 Å². The lowest BCUT2D eigenvalue weighted by molar-refractivity contribution is 0.356. The number of aromatic nitrogens is 2. The fourth-order valence-electron chi connectivity index (χ4n) is 2.18. The van der Waals surface area contributed by atoms with Crippen LogP contribution in [-0.2, 0) is 0 Å². The molecular formula is C16H14N2O2. The van der Waals surface area contributed by atoms with Crippen molar-refractivity contribution in [3.8, 4) is 22.8 Å². The summed E-state index contributed by atoms with van der Waals surface area (Å²) in [5, 5.41) is 0. The highest BCUT2D eigenvalue weighted by molar-refractivity contribution is 5.79. The lowest BCUT2D eigenvalue weighted by Crippen LogP contribution is -1.95. The van der Waals surface area contributed by atoms with Gasteiger partial charge in [0.25, 0.3) is 0 Å². The summed E-state index contributed by atoms with van der Waals surface area (Å²) >= 11 is 0. The second kappa shape index (κ2) is 5.17. The maximum absolute atomic E-state index is 5.44. The molecule has 0 aliphatic rings. The van der Waals surface area contributed by atoms with Crippen molar-refractivity contribution in [3.05, 3.63) is 48.7 Å². The molecule has 0 N–H and O–H groups in total. The second-order valence-electron chi connectivity index (χ2n) is 4.29. The van der Waals surface area contributed by atoms with Crippen LogP contribution in [0.3, 0.4) is 0 Å². The standard InChI is InChI=1S/C16H14N2O2/c1-19-15-9-5-6-11(16(15)20-2)14-10-17-12-7-3-4-8-13(12)18-14/h3-10H,1-2H3. The number of hydrogen-bond acceptors (Lipinski definition) is 4. The van der Waals surface area contributed by atoms with E-state index in [1.54, 1.807) is 20.4 Å². The number of para-hydroxylation sites is 3. The van der Waals surface area contributed by atoms with Crippen LogP contribution in [0.25, 0.3) is 22.3 Å². The van der Waals surface area contributed by atoms with E-state index in [4.69, 9.17) is 9.47 Å². The summed E-state index contributed by atoms with van der Waals surface area (Å²) in [5.74, 6) is 1.35. The largest absolute Gasteiger partial charge is 0.493 e. The number of methoxy groups -OCH3 is 2. The molecule has 0 aliphatic heterocycles. The van der Waals surface area contributed by atoms with Crippen LogP contribution in [0, 0.1) is 0 Å². The van der Waals surface area contributed by atoms with Gasteiger partial charge < -0.3 is 9.47 Å². The zero-order chi connectivity index (χ0) is 13.9. The molecule has 0 amide bonds. The van der Waals surface area contributed by atoms with Crippen molar-refractivity contribution in [2.24, 2.45) is 0 Å². The molecule has 0 spiro atoms. The van der Waals surface area contributed by atoms with Crippen LogP contribution in [0.1, 0.15) is 0 Å². The average molecular weight is 266 g/mol. The minimum Gasteiger partial charge on any atom is -0.493 e. The molecule has 1 heterocycles. The van der Waals surface area contributed by atoms with Crippen molar-refractivity contribution in [2.45, 2.75) is 0 Å². The quantitative estimate of drug-likeness (QED) is 0.729. The smallest absolute Gasteiger partial charge is 0.170 e. The number of hydrogen-bond donors (Lipinski definition) is 0. The lowest BCUT2D eigenvalue weighted by Gasteiger charge is -2.12. The van der Waals surface area contributed by atoms with Crippen LogP contribution in [0.15, 0.2) is 48.7 Å². The first-order chi connectivity index (χ1) is 9.83. The summed E-state index contributed by atoms with van der Waals surface area (Å²) < 4.78 is 10.8. The highest BCUT2D eigenvalue weighted by Crippen LogP contribution is 2.36. The van der Waals surface area contributed by atoms with Crippen LogP contribution >= 0.6 is 0 Å². The van der Waals surface area contributed by atoms with Gasteiger partial charge in [-0.15, -0.1) is 0 Å². The minimum atomic E-state index is 0.666. The van der Waals surface area contributed by atoms with Gasteiger partial charge in [0.1, 0.15) is 0 Å². The Balaban J connectivity index is 2.20. The van der Waals surface area contributed by atoms with Crippen LogP contribution in [-0.4, -0.2) is 24.2 Å². The van der Waals surface area contributed by atoms with Crippen molar-refractivity contribution < 1.29 is 9.47 Å². The first-order valence-corrected chi connectivity index (χ1v) is 6.26. The predicted molar refractivity (Wildman–Crippen MR) is 78.1 cm³/mol. The lowest BCUT2D eigenvalue weighted by atomic mass is 10.1. The number of fused-ring (bicyclic) bond motifs is 1. The summed E-state index contributed by atoms with van der Waals surface area (Å²) in [7, 11) is 3.24. The normalized spacial score (nSPS) is 10.5. The van der Waals surface area contributed by atoms with Gasteiger partial charge >= 0.3 is 0 Å². The van der Waals surface area contributed by atoms with Crippen molar-refractivity contribution in [3.63, 3.8) is 0 Å². The Morgan fingerprint density at radius 1 is 0.850 bits per heavy atom. The van der Waals surface area contributed by atoms with Gasteiger partial charge in [-0.3, -0.25) is 4.98 Å². The summed E-state index contributed by atoms with van der Waals surface area (Å²) in [4.78, 5) is 9.06. The molecule has 3 rings (SSSR count). The van der Waals surface area contributed by atoms with E-state index in [9.17, 15) is 0 Å². The maximum Gasteiger partial charge on any atom is 0.170 e. The van der Waals surface area contributed by atoms with Crippen molar-refractivity contribution >= 4 is 11.0 Å². The molecule has 20 heavy (non-hydrogen) atoms. The van der Waals surface area contributed by atoms with Crippen LogP contribution < -0.4 is 9.47 Å². The minimum absolute atomic E-state index is 0.666. The summed E-state index contributed by atoms with van der Waals surface area (Å²) in [5.41, 5.74) is 3.36. The van der Waals surface area contributed by atoms with E-state index in [0.717, 1.165) is 22.3 Å². The Morgan fingerprint density at radius 3 is 2.40 bits per heavy atom.